The minimum atomic E-state index is -0.170. The molecular weight excluding hydrogens is 404 g/mol. The van der Waals surface area contributed by atoms with Gasteiger partial charge < -0.3 is 9.47 Å². The highest BCUT2D eigenvalue weighted by Gasteiger charge is 2.38. The predicted octanol–water partition coefficient (Wildman–Crippen LogP) is 4.22. The van der Waals surface area contributed by atoms with Crippen LogP contribution in [0.15, 0.2) is 60.9 Å². The number of ether oxygens (including phenoxy) is 2. The van der Waals surface area contributed by atoms with Gasteiger partial charge in [-0.3, -0.25) is 0 Å². The van der Waals surface area contributed by atoms with Crippen molar-refractivity contribution in [1.29, 1.82) is 0 Å². The first kappa shape index (κ1) is 18.6. The van der Waals surface area contributed by atoms with E-state index < -0.39 is 0 Å². The minimum absolute atomic E-state index is 0.170. The lowest BCUT2D eigenvalue weighted by atomic mass is 9.84. The van der Waals surface area contributed by atoms with Crippen molar-refractivity contribution >= 4 is 5.65 Å². The maximum absolute atomic E-state index is 6.38. The molecule has 1 aliphatic heterocycles. The van der Waals surface area contributed by atoms with Crippen LogP contribution in [0.2, 0.25) is 0 Å². The summed E-state index contributed by atoms with van der Waals surface area (Å²) in [7, 11) is 1.66. The highest BCUT2D eigenvalue weighted by molar-refractivity contribution is 5.66. The molecule has 6 rings (SSSR count). The monoisotopic (exact) mass is 424 g/mol. The number of hydrogen-bond donors (Lipinski definition) is 0. The molecule has 0 N–H and O–H groups in total. The normalized spacial score (nSPS) is 14.7. The van der Waals surface area contributed by atoms with Crippen LogP contribution in [-0.2, 0) is 0 Å². The van der Waals surface area contributed by atoms with E-state index in [2.05, 4.69) is 27.2 Å². The summed E-state index contributed by atoms with van der Waals surface area (Å²) in [5, 5.41) is 9.29. The Morgan fingerprint density at radius 3 is 2.47 bits per heavy atom. The molecule has 0 amide bonds. The van der Waals surface area contributed by atoms with Crippen LogP contribution in [-0.4, -0.2) is 36.5 Å². The van der Waals surface area contributed by atoms with E-state index in [0.29, 0.717) is 17.6 Å². The number of hydrogen-bond acceptors (Lipinski definition) is 6. The van der Waals surface area contributed by atoms with Gasteiger partial charge in [0.25, 0.3) is 0 Å². The number of fused-ring (bicyclic) bond motifs is 4. The van der Waals surface area contributed by atoms with Gasteiger partial charge >= 0.3 is 0 Å². The topological polar surface area (TPSA) is 79.4 Å². The van der Waals surface area contributed by atoms with E-state index in [-0.39, 0.29) is 5.92 Å². The molecule has 2 aromatic carbocycles. The lowest BCUT2D eigenvalue weighted by molar-refractivity contribution is 0.402. The molecular formula is C24H20N6O2. The number of para-hydroxylation sites is 1. The summed E-state index contributed by atoms with van der Waals surface area (Å²) in [6.07, 6.45) is 1.64. The Kier molecular flexibility index (Phi) is 4.01. The molecule has 3 aromatic heterocycles. The van der Waals surface area contributed by atoms with Gasteiger partial charge in [-0.05, 0) is 43.7 Å². The van der Waals surface area contributed by atoms with E-state index in [1.54, 1.807) is 18.0 Å². The van der Waals surface area contributed by atoms with Gasteiger partial charge in [-0.15, -0.1) is 0 Å². The van der Waals surface area contributed by atoms with Crippen molar-refractivity contribution in [2.45, 2.75) is 19.8 Å². The average Bonchev–Trinajstić information content (AvgIpc) is 3.37. The van der Waals surface area contributed by atoms with Crippen molar-refractivity contribution < 1.29 is 9.47 Å². The Morgan fingerprint density at radius 2 is 1.72 bits per heavy atom. The van der Waals surface area contributed by atoms with E-state index in [0.717, 1.165) is 39.5 Å². The Bertz CT molecular complexity index is 1450. The second kappa shape index (κ2) is 6.91. The first-order chi connectivity index (χ1) is 15.6. The molecule has 0 radical (unpaired) electrons. The van der Waals surface area contributed by atoms with Crippen molar-refractivity contribution in [3.8, 4) is 23.2 Å². The van der Waals surface area contributed by atoms with Gasteiger partial charge in [0.05, 0.1) is 35.5 Å². The fourth-order valence-electron chi connectivity index (χ4n) is 4.36. The van der Waals surface area contributed by atoms with E-state index >= 15 is 0 Å². The quantitative estimate of drug-likeness (QED) is 0.423. The summed E-state index contributed by atoms with van der Waals surface area (Å²) in [4.78, 5) is 9.27. The average molecular weight is 424 g/mol. The molecule has 5 aromatic rings. The number of benzene rings is 2. The molecule has 0 spiro atoms. The predicted molar refractivity (Wildman–Crippen MR) is 118 cm³/mol. The van der Waals surface area contributed by atoms with E-state index in [4.69, 9.17) is 14.6 Å². The Balaban J connectivity index is 1.65. The zero-order valence-corrected chi connectivity index (χ0v) is 17.9. The van der Waals surface area contributed by atoms with Crippen molar-refractivity contribution in [3.63, 3.8) is 0 Å². The van der Waals surface area contributed by atoms with Crippen LogP contribution in [0.5, 0.6) is 17.5 Å². The van der Waals surface area contributed by atoms with Gasteiger partial charge in [0.1, 0.15) is 17.9 Å². The number of aryl methyl sites for hydroxylation is 2. The minimum Gasteiger partial charge on any atom is -0.497 e. The largest absolute Gasteiger partial charge is 0.497 e. The van der Waals surface area contributed by atoms with Gasteiger partial charge in [-0.2, -0.15) is 10.2 Å². The lowest BCUT2D eigenvalue weighted by Crippen LogP contribution is -2.16. The third kappa shape index (κ3) is 2.69. The molecule has 0 fully saturated rings. The standard InChI is InChI=1S/C24H20N6O2/c1-14-19-20(16-9-11-18(31-3)12-10-16)21-22-26-15(2)28-29(22)13-25-23(21)32-24(19)30(27-14)17-7-5-4-6-8-17/h4-13,20H,1-3H3/t20-/m1/s1. The SMILES string of the molecule is COc1ccc([C@@H]2c3c(C)nn(-c4ccccc4)c3Oc3ncn4nc(C)nc4c32)cc1. The molecule has 8 nitrogen and oxygen atoms in total. The summed E-state index contributed by atoms with van der Waals surface area (Å²) in [6.45, 7) is 3.88. The molecule has 0 aliphatic carbocycles. The van der Waals surface area contributed by atoms with Crippen LogP contribution >= 0.6 is 0 Å². The van der Waals surface area contributed by atoms with Crippen LogP contribution in [0.25, 0.3) is 11.3 Å². The van der Waals surface area contributed by atoms with Crippen molar-refractivity contribution in [2.24, 2.45) is 0 Å². The third-order valence-corrected chi connectivity index (χ3v) is 5.78. The smallest absolute Gasteiger partial charge is 0.230 e. The molecule has 1 aliphatic rings. The van der Waals surface area contributed by atoms with E-state index in [1.807, 2.05) is 61.0 Å². The third-order valence-electron chi connectivity index (χ3n) is 5.78. The molecule has 0 saturated heterocycles. The second-order valence-corrected chi connectivity index (χ2v) is 7.75. The van der Waals surface area contributed by atoms with Crippen molar-refractivity contribution in [1.82, 2.24) is 29.4 Å². The summed E-state index contributed by atoms with van der Waals surface area (Å²) in [6, 6.07) is 18.0. The first-order valence-electron chi connectivity index (χ1n) is 10.3. The Hall–Kier alpha value is -4.20. The summed E-state index contributed by atoms with van der Waals surface area (Å²) in [5.41, 5.74) is 5.47. The van der Waals surface area contributed by atoms with Crippen molar-refractivity contribution in [2.75, 3.05) is 7.11 Å². The lowest BCUT2D eigenvalue weighted by Gasteiger charge is -2.26. The molecule has 158 valence electrons. The van der Waals surface area contributed by atoms with Gasteiger partial charge in [0, 0.05) is 0 Å². The molecule has 1 atom stereocenters. The first-order valence-corrected chi connectivity index (χ1v) is 10.3. The summed E-state index contributed by atoms with van der Waals surface area (Å²) in [5.74, 6) is 2.48. The van der Waals surface area contributed by atoms with Crippen LogP contribution in [0.3, 0.4) is 0 Å². The fraction of sp³-hybridized carbons (Fsp3) is 0.167. The van der Waals surface area contributed by atoms with Gasteiger partial charge in [0.15, 0.2) is 5.65 Å². The zero-order valence-electron chi connectivity index (χ0n) is 17.9. The zero-order chi connectivity index (χ0) is 21.8. The van der Waals surface area contributed by atoms with E-state index in [1.165, 1.54) is 0 Å². The maximum Gasteiger partial charge on any atom is 0.230 e. The van der Waals surface area contributed by atoms with Crippen LogP contribution in [0.1, 0.15) is 34.1 Å². The van der Waals surface area contributed by atoms with Gasteiger partial charge in [0.2, 0.25) is 11.8 Å². The second-order valence-electron chi connectivity index (χ2n) is 7.75. The molecule has 0 saturated carbocycles. The van der Waals surface area contributed by atoms with E-state index in [9.17, 15) is 0 Å². The number of aromatic nitrogens is 6. The summed E-state index contributed by atoms with van der Waals surface area (Å²) < 4.78 is 15.3. The number of rotatable bonds is 3. The molecule has 4 heterocycles. The summed E-state index contributed by atoms with van der Waals surface area (Å²) >= 11 is 0. The van der Waals surface area contributed by atoms with Crippen molar-refractivity contribution in [3.05, 3.63) is 89.1 Å². The molecule has 32 heavy (non-hydrogen) atoms. The van der Waals surface area contributed by atoms with Gasteiger partial charge in [-0.25, -0.2) is 19.2 Å². The number of nitrogens with zero attached hydrogens (tertiary/aromatic N) is 6. The van der Waals surface area contributed by atoms with Crippen LogP contribution in [0.4, 0.5) is 0 Å². The van der Waals surface area contributed by atoms with Crippen LogP contribution < -0.4 is 9.47 Å². The van der Waals surface area contributed by atoms with Gasteiger partial charge in [-0.1, -0.05) is 30.3 Å². The molecule has 0 unspecified atom stereocenters. The highest BCUT2D eigenvalue weighted by atomic mass is 16.5. The highest BCUT2D eigenvalue weighted by Crippen LogP contribution is 2.49. The molecule has 8 heteroatoms. The number of methoxy groups -OCH3 is 1. The Morgan fingerprint density at radius 1 is 0.938 bits per heavy atom. The maximum atomic E-state index is 6.38. The Labute approximate surface area is 184 Å². The van der Waals surface area contributed by atoms with Crippen LogP contribution in [0, 0.1) is 13.8 Å². The fourth-order valence-corrected chi connectivity index (χ4v) is 4.36. The molecule has 0 bridgehead atoms.